The lowest BCUT2D eigenvalue weighted by Crippen LogP contribution is -2.58. The van der Waals surface area contributed by atoms with Gasteiger partial charge >= 0.3 is 0 Å². The van der Waals surface area contributed by atoms with Crippen molar-refractivity contribution in [3.8, 4) is 0 Å². The van der Waals surface area contributed by atoms with Gasteiger partial charge in [-0.3, -0.25) is 14.5 Å². The molecular weight excluding hydrogens is 232 g/mol. The second kappa shape index (κ2) is 5.00. The Balaban J connectivity index is 3.10. The summed E-state index contributed by atoms with van der Waals surface area (Å²) in [6.07, 6.45) is 0. The second-order valence-corrected chi connectivity index (χ2v) is 5.27. The van der Waals surface area contributed by atoms with Gasteiger partial charge < -0.3 is 10.1 Å². The number of carbonyl (C=O) groups is 2. The number of ether oxygens (including phenoxy) is 1. The normalized spacial score (nSPS) is 17.1. The first-order chi connectivity index (χ1) is 8.23. The predicted molar refractivity (Wildman–Crippen MR) is 68.5 cm³/mol. The molecular formula is C13H22N2O3. The predicted octanol–water partition coefficient (Wildman–Crippen LogP) is 1.26. The summed E-state index contributed by atoms with van der Waals surface area (Å²) in [4.78, 5) is 25.8. The number of likely N-dealkylation sites (N-methyl/N-ethyl adjacent to an activating group) is 1. The molecule has 0 spiro atoms. The monoisotopic (exact) mass is 254 g/mol. The fraction of sp³-hybridized carbons (Fsp3) is 0.692. The minimum Gasteiger partial charge on any atom is -0.477 e. The highest BCUT2D eigenvalue weighted by Crippen LogP contribution is 2.28. The minimum atomic E-state index is -0.924. The molecule has 0 saturated heterocycles. The SMILES string of the molecule is CNC(=O)C(C)(C)N1COC(C)=C(C(C)C)C1=O. The highest BCUT2D eigenvalue weighted by Gasteiger charge is 2.41. The van der Waals surface area contributed by atoms with Gasteiger partial charge in [-0.25, -0.2) is 0 Å². The summed E-state index contributed by atoms with van der Waals surface area (Å²) in [6.45, 7) is 9.21. The van der Waals surface area contributed by atoms with Crippen molar-refractivity contribution in [2.75, 3.05) is 13.8 Å². The van der Waals surface area contributed by atoms with E-state index in [9.17, 15) is 9.59 Å². The summed E-state index contributed by atoms with van der Waals surface area (Å²) in [6, 6.07) is 0. The molecule has 0 atom stereocenters. The summed E-state index contributed by atoms with van der Waals surface area (Å²) in [5, 5.41) is 2.57. The molecule has 1 aliphatic heterocycles. The van der Waals surface area contributed by atoms with Crippen LogP contribution in [0.15, 0.2) is 11.3 Å². The highest BCUT2D eigenvalue weighted by atomic mass is 16.5. The molecule has 0 fully saturated rings. The zero-order chi connectivity index (χ0) is 14.1. The summed E-state index contributed by atoms with van der Waals surface area (Å²) >= 11 is 0. The average Bonchev–Trinajstić information content (AvgIpc) is 2.26. The molecule has 1 heterocycles. The van der Waals surface area contributed by atoms with E-state index in [0.29, 0.717) is 11.3 Å². The first kappa shape index (κ1) is 14.5. The van der Waals surface area contributed by atoms with Crippen LogP contribution >= 0.6 is 0 Å². The number of allylic oxidation sites excluding steroid dienone is 1. The molecule has 0 aromatic heterocycles. The maximum absolute atomic E-state index is 12.5. The van der Waals surface area contributed by atoms with Crippen LogP contribution in [-0.4, -0.2) is 36.0 Å². The summed E-state index contributed by atoms with van der Waals surface area (Å²) < 4.78 is 5.52. The molecule has 5 nitrogen and oxygen atoms in total. The van der Waals surface area contributed by atoms with Gasteiger partial charge in [0.05, 0.1) is 5.57 Å². The maximum Gasteiger partial charge on any atom is 0.256 e. The lowest BCUT2D eigenvalue weighted by atomic mass is 9.95. The lowest BCUT2D eigenvalue weighted by Gasteiger charge is -2.40. The molecule has 0 unspecified atom stereocenters. The molecule has 0 aromatic carbocycles. The van der Waals surface area contributed by atoms with E-state index in [1.807, 2.05) is 13.8 Å². The largest absolute Gasteiger partial charge is 0.477 e. The highest BCUT2D eigenvalue weighted by molar-refractivity contribution is 5.99. The Morgan fingerprint density at radius 2 is 2.00 bits per heavy atom. The van der Waals surface area contributed by atoms with Gasteiger partial charge in [-0.05, 0) is 26.7 Å². The third kappa shape index (κ3) is 2.35. The molecule has 2 amide bonds. The zero-order valence-electron chi connectivity index (χ0n) is 12.0. The zero-order valence-corrected chi connectivity index (χ0v) is 12.0. The molecule has 0 bridgehead atoms. The Labute approximate surface area is 108 Å². The van der Waals surface area contributed by atoms with Crippen molar-refractivity contribution in [2.24, 2.45) is 5.92 Å². The molecule has 5 heteroatoms. The number of carbonyl (C=O) groups excluding carboxylic acids is 2. The number of hydrogen-bond acceptors (Lipinski definition) is 3. The van der Waals surface area contributed by atoms with E-state index in [0.717, 1.165) is 0 Å². The minimum absolute atomic E-state index is 0.0702. The van der Waals surface area contributed by atoms with Crippen molar-refractivity contribution in [3.63, 3.8) is 0 Å². The quantitative estimate of drug-likeness (QED) is 0.824. The first-order valence-electron chi connectivity index (χ1n) is 6.11. The van der Waals surface area contributed by atoms with Crippen LogP contribution in [0.25, 0.3) is 0 Å². The van der Waals surface area contributed by atoms with E-state index in [-0.39, 0.29) is 24.5 Å². The Morgan fingerprint density at radius 3 is 2.44 bits per heavy atom. The Kier molecular flexibility index (Phi) is 4.04. The van der Waals surface area contributed by atoms with E-state index in [4.69, 9.17) is 4.74 Å². The Morgan fingerprint density at radius 1 is 1.44 bits per heavy atom. The summed E-state index contributed by atoms with van der Waals surface area (Å²) in [7, 11) is 1.56. The molecule has 1 rings (SSSR count). The van der Waals surface area contributed by atoms with Gasteiger partial charge in [0.2, 0.25) is 5.91 Å². The summed E-state index contributed by atoms with van der Waals surface area (Å²) in [5.74, 6) is 0.393. The maximum atomic E-state index is 12.5. The Hall–Kier alpha value is -1.52. The van der Waals surface area contributed by atoms with Crippen LogP contribution in [0, 0.1) is 5.92 Å². The molecule has 102 valence electrons. The van der Waals surface area contributed by atoms with Crippen molar-refractivity contribution >= 4 is 11.8 Å². The van der Waals surface area contributed by atoms with Gasteiger partial charge in [-0.15, -0.1) is 0 Å². The van der Waals surface area contributed by atoms with Crippen LogP contribution in [0.1, 0.15) is 34.6 Å². The van der Waals surface area contributed by atoms with Crippen LogP contribution in [0.4, 0.5) is 0 Å². The Bertz CT molecular complexity index is 397. The van der Waals surface area contributed by atoms with E-state index in [1.165, 1.54) is 4.90 Å². The lowest BCUT2D eigenvalue weighted by molar-refractivity contribution is -0.152. The van der Waals surface area contributed by atoms with E-state index >= 15 is 0 Å². The van der Waals surface area contributed by atoms with Gasteiger partial charge in [-0.1, -0.05) is 13.8 Å². The van der Waals surface area contributed by atoms with Crippen LogP contribution in [0.3, 0.4) is 0 Å². The van der Waals surface area contributed by atoms with E-state index in [2.05, 4.69) is 5.32 Å². The molecule has 0 radical (unpaired) electrons. The number of nitrogens with zero attached hydrogens (tertiary/aromatic N) is 1. The van der Waals surface area contributed by atoms with Crippen molar-refractivity contribution in [1.82, 2.24) is 10.2 Å². The van der Waals surface area contributed by atoms with Crippen molar-refractivity contribution in [3.05, 3.63) is 11.3 Å². The molecule has 0 aromatic rings. The van der Waals surface area contributed by atoms with Crippen LogP contribution in [0.2, 0.25) is 0 Å². The second-order valence-electron chi connectivity index (χ2n) is 5.27. The van der Waals surface area contributed by atoms with Crippen LogP contribution in [0.5, 0.6) is 0 Å². The van der Waals surface area contributed by atoms with Gasteiger partial charge in [0, 0.05) is 7.05 Å². The third-order valence-corrected chi connectivity index (χ3v) is 3.30. The molecule has 1 aliphatic rings. The molecule has 0 saturated carbocycles. The third-order valence-electron chi connectivity index (χ3n) is 3.30. The van der Waals surface area contributed by atoms with Gasteiger partial charge in [0.25, 0.3) is 5.91 Å². The molecule has 18 heavy (non-hydrogen) atoms. The van der Waals surface area contributed by atoms with Gasteiger partial charge in [0.15, 0.2) is 6.73 Å². The van der Waals surface area contributed by atoms with Crippen molar-refractivity contribution in [1.29, 1.82) is 0 Å². The smallest absolute Gasteiger partial charge is 0.256 e. The van der Waals surface area contributed by atoms with Gasteiger partial charge in [-0.2, -0.15) is 0 Å². The molecule has 1 N–H and O–H groups in total. The van der Waals surface area contributed by atoms with Gasteiger partial charge in [0.1, 0.15) is 11.3 Å². The molecule has 0 aliphatic carbocycles. The number of rotatable bonds is 3. The van der Waals surface area contributed by atoms with Crippen LogP contribution in [-0.2, 0) is 14.3 Å². The van der Waals surface area contributed by atoms with E-state index < -0.39 is 5.54 Å². The number of amides is 2. The fourth-order valence-electron chi connectivity index (χ4n) is 2.09. The fourth-order valence-corrected chi connectivity index (χ4v) is 2.09. The summed E-state index contributed by atoms with van der Waals surface area (Å²) in [5.41, 5.74) is -0.287. The topological polar surface area (TPSA) is 58.6 Å². The van der Waals surface area contributed by atoms with Crippen molar-refractivity contribution in [2.45, 2.75) is 40.2 Å². The van der Waals surface area contributed by atoms with Crippen molar-refractivity contribution < 1.29 is 14.3 Å². The number of hydrogen-bond donors (Lipinski definition) is 1. The van der Waals surface area contributed by atoms with Crippen LogP contribution < -0.4 is 5.32 Å². The first-order valence-corrected chi connectivity index (χ1v) is 6.11. The average molecular weight is 254 g/mol. The van der Waals surface area contributed by atoms with E-state index in [1.54, 1.807) is 27.8 Å². The standard InChI is InChI=1S/C13H22N2O3/c1-8(2)10-9(3)18-7-15(11(10)16)13(4,5)12(17)14-6/h8H,7H2,1-6H3,(H,14,17). The number of nitrogens with one attached hydrogen (secondary N) is 1.